The number of hydrogen-bond acceptors (Lipinski definition) is 3. The van der Waals surface area contributed by atoms with Gasteiger partial charge < -0.3 is 9.47 Å². The monoisotopic (exact) mass is 478 g/mol. The zero-order chi connectivity index (χ0) is 18.5. The van der Waals surface area contributed by atoms with Gasteiger partial charge >= 0.3 is 0 Å². The summed E-state index contributed by atoms with van der Waals surface area (Å²) in [6, 6.07) is 13.9. The first-order valence-corrected chi connectivity index (χ1v) is 10.3. The molecule has 4 rings (SSSR count). The van der Waals surface area contributed by atoms with E-state index in [-0.39, 0.29) is 11.7 Å². The Hall–Kier alpha value is -1.33. The van der Waals surface area contributed by atoms with E-state index in [1.807, 2.05) is 36.4 Å². The van der Waals surface area contributed by atoms with Crippen molar-refractivity contribution in [3.05, 3.63) is 59.2 Å². The van der Waals surface area contributed by atoms with E-state index in [4.69, 9.17) is 9.47 Å². The summed E-state index contributed by atoms with van der Waals surface area (Å²) in [5, 5.41) is 0. The van der Waals surface area contributed by atoms with Crippen molar-refractivity contribution >= 4 is 37.6 Å². The number of carbonyl (C=O) groups excluding carboxylic acids is 1. The largest absolute Gasteiger partial charge is 0.493 e. The van der Waals surface area contributed by atoms with E-state index in [0.29, 0.717) is 11.5 Å². The second kappa shape index (κ2) is 6.38. The van der Waals surface area contributed by atoms with Crippen LogP contribution in [0.2, 0.25) is 0 Å². The number of Topliss-reactive ketones (excluding diaryl/α,β-unsaturated/α-hetero) is 1. The molecule has 2 atom stereocenters. The lowest BCUT2D eigenvalue weighted by Crippen LogP contribution is -2.21. The molecule has 2 aliphatic rings. The van der Waals surface area contributed by atoms with Crippen LogP contribution in [0.3, 0.4) is 0 Å². The number of aryl methyl sites for hydroxylation is 1. The number of carbonyl (C=O) groups is 1. The molecule has 0 saturated heterocycles. The molecule has 3 nitrogen and oxygen atoms in total. The third-order valence-electron chi connectivity index (χ3n) is 5.79. The Labute approximate surface area is 170 Å². The van der Waals surface area contributed by atoms with Gasteiger partial charge in [-0.05, 0) is 42.5 Å². The number of benzene rings is 2. The van der Waals surface area contributed by atoms with Crippen molar-refractivity contribution in [2.75, 3.05) is 14.2 Å². The molecule has 136 valence electrons. The molecule has 1 spiro atoms. The Kier molecular flexibility index (Phi) is 4.43. The van der Waals surface area contributed by atoms with Gasteiger partial charge in [0.2, 0.25) is 0 Å². The first-order valence-electron chi connectivity index (χ1n) is 8.70. The molecule has 26 heavy (non-hydrogen) atoms. The van der Waals surface area contributed by atoms with Gasteiger partial charge in [-0.3, -0.25) is 4.79 Å². The summed E-state index contributed by atoms with van der Waals surface area (Å²) in [7, 11) is 3.26. The fraction of sp³-hybridized carbons (Fsp3) is 0.381. The van der Waals surface area contributed by atoms with E-state index in [9.17, 15) is 4.79 Å². The van der Waals surface area contributed by atoms with Gasteiger partial charge in [-0.25, -0.2) is 0 Å². The molecule has 0 aromatic heterocycles. The van der Waals surface area contributed by atoms with Crippen LogP contribution >= 0.6 is 31.9 Å². The molecule has 2 unspecified atom stereocenters. The number of ether oxygens (including phenoxy) is 2. The predicted octanol–water partition coefficient (Wildman–Crippen LogP) is 5.49. The quantitative estimate of drug-likeness (QED) is 0.546. The molecule has 0 N–H and O–H groups in total. The van der Waals surface area contributed by atoms with Crippen LogP contribution < -0.4 is 9.47 Å². The van der Waals surface area contributed by atoms with E-state index in [1.54, 1.807) is 14.2 Å². The molecule has 0 aliphatic heterocycles. The van der Waals surface area contributed by atoms with Crippen LogP contribution in [-0.4, -0.2) is 23.2 Å². The van der Waals surface area contributed by atoms with Crippen LogP contribution in [0.5, 0.6) is 11.5 Å². The summed E-state index contributed by atoms with van der Waals surface area (Å²) < 4.78 is 10.4. The highest BCUT2D eigenvalue weighted by Gasteiger charge is 2.78. The van der Waals surface area contributed by atoms with Crippen molar-refractivity contribution in [3.8, 4) is 11.5 Å². The molecular weight excluding hydrogens is 460 g/mol. The SMILES string of the molecule is COc1ccc(C2C(Br)(Br)C23CCCc2ccccc2C3=O)cc1OC. The van der Waals surface area contributed by atoms with Crippen molar-refractivity contribution in [2.45, 2.75) is 28.4 Å². The van der Waals surface area contributed by atoms with E-state index in [0.717, 1.165) is 36.0 Å². The Morgan fingerprint density at radius 2 is 1.77 bits per heavy atom. The summed E-state index contributed by atoms with van der Waals surface area (Å²) in [5.74, 6) is 1.63. The molecule has 0 heterocycles. The van der Waals surface area contributed by atoms with Gasteiger partial charge in [-0.2, -0.15) is 0 Å². The minimum Gasteiger partial charge on any atom is -0.493 e. The van der Waals surface area contributed by atoms with Crippen LogP contribution in [0, 0.1) is 5.41 Å². The number of hydrogen-bond donors (Lipinski definition) is 0. The molecule has 0 radical (unpaired) electrons. The highest BCUT2D eigenvalue weighted by molar-refractivity contribution is 9.25. The maximum absolute atomic E-state index is 13.6. The van der Waals surface area contributed by atoms with Gasteiger partial charge in [0.05, 0.1) is 19.6 Å². The van der Waals surface area contributed by atoms with Gasteiger partial charge in [-0.1, -0.05) is 62.2 Å². The first kappa shape index (κ1) is 18.1. The van der Waals surface area contributed by atoms with E-state index in [1.165, 1.54) is 0 Å². The summed E-state index contributed by atoms with van der Waals surface area (Å²) in [5.41, 5.74) is 2.60. The summed E-state index contributed by atoms with van der Waals surface area (Å²) in [4.78, 5) is 13.6. The van der Waals surface area contributed by atoms with Gasteiger partial charge in [0.25, 0.3) is 0 Å². The van der Waals surface area contributed by atoms with Crippen LogP contribution in [0.4, 0.5) is 0 Å². The lowest BCUT2D eigenvalue weighted by molar-refractivity contribution is 0.0890. The Bertz CT molecular complexity index is 877. The smallest absolute Gasteiger partial charge is 0.172 e. The first-order chi connectivity index (χ1) is 12.5. The molecule has 5 heteroatoms. The highest BCUT2D eigenvalue weighted by Crippen LogP contribution is 2.79. The Balaban J connectivity index is 1.79. The number of methoxy groups -OCH3 is 2. The fourth-order valence-electron chi connectivity index (χ4n) is 4.45. The molecule has 0 bridgehead atoms. The average molecular weight is 480 g/mol. The molecule has 1 saturated carbocycles. The minimum atomic E-state index is -0.487. The van der Waals surface area contributed by atoms with Crippen LogP contribution in [0.15, 0.2) is 42.5 Å². The Morgan fingerprint density at radius 3 is 2.50 bits per heavy atom. The fourth-order valence-corrected chi connectivity index (χ4v) is 6.74. The lowest BCUT2D eigenvalue weighted by Gasteiger charge is -2.16. The van der Waals surface area contributed by atoms with Crippen molar-refractivity contribution in [2.24, 2.45) is 5.41 Å². The van der Waals surface area contributed by atoms with Crippen LogP contribution in [0.1, 0.15) is 40.2 Å². The standard InChI is InChI=1S/C21H20Br2O3/c1-25-16-10-9-14(12-17(16)26-2)18-20(21(18,22)23)11-5-7-13-6-3-4-8-15(13)19(20)24/h3-4,6,8-10,12,18H,5,7,11H2,1-2H3. The van der Waals surface area contributed by atoms with Crippen molar-refractivity contribution in [3.63, 3.8) is 0 Å². The second-order valence-corrected chi connectivity index (χ2v) is 10.5. The third kappa shape index (κ3) is 2.40. The van der Waals surface area contributed by atoms with Crippen LogP contribution in [0.25, 0.3) is 0 Å². The number of ketones is 1. The van der Waals surface area contributed by atoms with E-state index < -0.39 is 8.65 Å². The van der Waals surface area contributed by atoms with Crippen LogP contribution in [-0.2, 0) is 6.42 Å². The van der Waals surface area contributed by atoms with E-state index >= 15 is 0 Å². The van der Waals surface area contributed by atoms with Crippen molar-refractivity contribution < 1.29 is 14.3 Å². The molecule has 1 fully saturated rings. The third-order valence-corrected chi connectivity index (χ3v) is 8.12. The zero-order valence-corrected chi connectivity index (χ0v) is 17.9. The number of fused-ring (bicyclic) bond motifs is 1. The summed E-state index contributed by atoms with van der Waals surface area (Å²) >= 11 is 7.68. The molecular formula is C21H20Br2O3. The van der Waals surface area contributed by atoms with Crippen molar-refractivity contribution in [1.29, 1.82) is 0 Å². The van der Waals surface area contributed by atoms with E-state index in [2.05, 4.69) is 37.9 Å². The number of rotatable bonds is 3. The van der Waals surface area contributed by atoms with Crippen molar-refractivity contribution in [1.82, 2.24) is 0 Å². The summed E-state index contributed by atoms with van der Waals surface area (Å²) in [6.07, 6.45) is 2.78. The zero-order valence-electron chi connectivity index (χ0n) is 14.7. The number of alkyl halides is 2. The molecule has 2 aromatic rings. The topological polar surface area (TPSA) is 35.5 Å². The maximum atomic E-state index is 13.6. The lowest BCUT2D eigenvalue weighted by atomic mass is 9.88. The average Bonchev–Trinajstić information content (AvgIpc) is 3.21. The van der Waals surface area contributed by atoms with Gasteiger partial charge in [0.1, 0.15) is 3.23 Å². The summed E-state index contributed by atoms with van der Waals surface area (Å²) in [6.45, 7) is 0. The molecule has 2 aliphatic carbocycles. The van der Waals surface area contributed by atoms with Gasteiger partial charge in [-0.15, -0.1) is 0 Å². The second-order valence-electron chi connectivity index (χ2n) is 6.98. The predicted molar refractivity (Wildman–Crippen MR) is 109 cm³/mol. The molecule has 2 aromatic carbocycles. The molecule has 0 amide bonds. The maximum Gasteiger partial charge on any atom is 0.172 e. The number of halogens is 2. The Morgan fingerprint density at radius 1 is 1.04 bits per heavy atom. The highest BCUT2D eigenvalue weighted by atomic mass is 79.9. The minimum absolute atomic E-state index is 0.0356. The normalized spacial score (nSPS) is 26.2. The van der Waals surface area contributed by atoms with Gasteiger partial charge in [0, 0.05) is 11.5 Å². The van der Waals surface area contributed by atoms with Gasteiger partial charge in [0.15, 0.2) is 17.3 Å².